The Labute approximate surface area is 134 Å². The van der Waals surface area contributed by atoms with Gasteiger partial charge in [0.05, 0.1) is 6.42 Å². The average molecular weight is 313 g/mol. The highest BCUT2D eigenvalue weighted by molar-refractivity contribution is 5.78. The van der Waals surface area contributed by atoms with Gasteiger partial charge in [0, 0.05) is 19.3 Å². The number of ether oxygens (including phenoxy) is 2. The number of hydrogen-bond acceptors (Lipinski definition) is 5. The zero-order chi connectivity index (χ0) is 16.1. The zero-order valence-electron chi connectivity index (χ0n) is 13.0. The zero-order valence-corrected chi connectivity index (χ0v) is 13.0. The Morgan fingerprint density at radius 3 is 2.96 bits per heavy atom. The number of nitrogens with zero attached hydrogens (tertiary/aromatic N) is 1. The fraction of sp³-hybridized carbons (Fsp3) is 0.294. The molecule has 120 valence electrons. The summed E-state index contributed by atoms with van der Waals surface area (Å²) in [6.07, 6.45) is 2.06. The van der Waals surface area contributed by atoms with Crippen molar-refractivity contribution in [2.24, 2.45) is 0 Å². The van der Waals surface area contributed by atoms with E-state index in [-0.39, 0.29) is 12.7 Å². The van der Waals surface area contributed by atoms with Gasteiger partial charge in [-0.3, -0.25) is 4.79 Å². The third-order valence-corrected chi connectivity index (χ3v) is 3.55. The van der Waals surface area contributed by atoms with E-state index in [1.807, 2.05) is 37.3 Å². The van der Waals surface area contributed by atoms with Crippen LogP contribution >= 0.6 is 0 Å². The van der Waals surface area contributed by atoms with E-state index in [1.165, 1.54) is 0 Å². The number of pyridine rings is 1. The van der Waals surface area contributed by atoms with Crippen molar-refractivity contribution in [2.75, 3.05) is 25.2 Å². The highest BCUT2D eigenvalue weighted by Crippen LogP contribution is 2.32. The first kappa shape index (κ1) is 15.1. The Balaban J connectivity index is 1.42. The maximum Gasteiger partial charge on any atom is 0.231 e. The quantitative estimate of drug-likeness (QED) is 0.797. The van der Waals surface area contributed by atoms with Crippen molar-refractivity contribution in [3.8, 4) is 11.5 Å². The van der Waals surface area contributed by atoms with E-state index in [1.54, 1.807) is 6.20 Å². The van der Waals surface area contributed by atoms with Gasteiger partial charge in [-0.05, 0) is 36.2 Å². The molecule has 0 aliphatic carbocycles. The van der Waals surface area contributed by atoms with E-state index in [2.05, 4.69) is 15.6 Å². The van der Waals surface area contributed by atoms with Crippen LogP contribution in [0.5, 0.6) is 11.5 Å². The summed E-state index contributed by atoms with van der Waals surface area (Å²) in [5, 5.41) is 6.09. The second-order valence-electron chi connectivity index (χ2n) is 5.31. The molecule has 0 fully saturated rings. The van der Waals surface area contributed by atoms with Crippen molar-refractivity contribution >= 4 is 11.7 Å². The molecule has 0 unspecified atom stereocenters. The van der Waals surface area contributed by atoms with Crippen molar-refractivity contribution in [1.29, 1.82) is 0 Å². The number of rotatable bonds is 6. The molecule has 6 heteroatoms. The van der Waals surface area contributed by atoms with Gasteiger partial charge >= 0.3 is 0 Å². The summed E-state index contributed by atoms with van der Waals surface area (Å²) in [5.41, 5.74) is 1.99. The smallest absolute Gasteiger partial charge is 0.231 e. The molecular weight excluding hydrogens is 294 g/mol. The second kappa shape index (κ2) is 7.00. The van der Waals surface area contributed by atoms with Gasteiger partial charge in [0.1, 0.15) is 5.82 Å². The Morgan fingerprint density at radius 1 is 1.22 bits per heavy atom. The normalized spacial score (nSPS) is 12.0. The lowest BCUT2D eigenvalue weighted by Gasteiger charge is -2.09. The van der Waals surface area contributed by atoms with Gasteiger partial charge in [-0.2, -0.15) is 0 Å². The number of aryl methyl sites for hydroxylation is 1. The predicted octanol–water partition coefficient (Wildman–Crippen LogP) is 1.89. The monoisotopic (exact) mass is 313 g/mol. The molecule has 2 N–H and O–H groups in total. The predicted molar refractivity (Wildman–Crippen MR) is 86.7 cm³/mol. The molecule has 1 aromatic carbocycles. The average Bonchev–Trinajstić information content (AvgIpc) is 3.01. The minimum Gasteiger partial charge on any atom is -0.454 e. The lowest BCUT2D eigenvalue weighted by molar-refractivity contribution is -0.120. The highest BCUT2D eigenvalue weighted by Gasteiger charge is 2.14. The van der Waals surface area contributed by atoms with Crippen LogP contribution in [0.1, 0.15) is 11.1 Å². The van der Waals surface area contributed by atoms with Crippen LogP contribution in [0.15, 0.2) is 36.5 Å². The maximum absolute atomic E-state index is 12.0. The molecular formula is C17H19N3O3. The number of benzene rings is 1. The second-order valence-corrected chi connectivity index (χ2v) is 5.31. The first-order valence-electron chi connectivity index (χ1n) is 7.53. The van der Waals surface area contributed by atoms with Crippen LogP contribution in [0.3, 0.4) is 0 Å². The number of aromatic nitrogens is 1. The van der Waals surface area contributed by atoms with E-state index < -0.39 is 0 Å². The van der Waals surface area contributed by atoms with Crippen molar-refractivity contribution in [3.05, 3.63) is 47.7 Å². The summed E-state index contributed by atoms with van der Waals surface area (Å²) in [6.45, 7) is 3.40. The molecule has 3 rings (SSSR count). The Bertz CT molecular complexity index is 703. The molecule has 2 aromatic rings. The molecule has 1 aromatic heterocycles. The SMILES string of the molecule is Cc1cccnc1NCCNC(=O)Cc1ccc2c(c1)OCO2. The molecule has 6 nitrogen and oxygen atoms in total. The standard InChI is InChI=1S/C17H19N3O3/c1-12-3-2-6-19-17(12)20-8-7-18-16(21)10-13-4-5-14-15(9-13)23-11-22-14/h2-6,9H,7-8,10-11H2,1H3,(H,18,21)(H,19,20). The number of nitrogens with one attached hydrogen (secondary N) is 2. The Hall–Kier alpha value is -2.76. The van der Waals surface area contributed by atoms with Gasteiger partial charge in [-0.15, -0.1) is 0 Å². The largest absolute Gasteiger partial charge is 0.454 e. The number of anilines is 1. The molecule has 0 radical (unpaired) electrons. The molecule has 0 saturated carbocycles. The fourth-order valence-electron chi connectivity index (χ4n) is 2.35. The summed E-state index contributed by atoms with van der Waals surface area (Å²) in [7, 11) is 0. The number of amides is 1. The molecule has 1 aliphatic rings. The molecule has 1 amide bonds. The molecule has 0 saturated heterocycles. The van der Waals surface area contributed by atoms with Crippen LogP contribution in [0.2, 0.25) is 0 Å². The van der Waals surface area contributed by atoms with Gasteiger partial charge in [0.2, 0.25) is 12.7 Å². The maximum atomic E-state index is 12.0. The topological polar surface area (TPSA) is 72.5 Å². The van der Waals surface area contributed by atoms with Gasteiger partial charge in [0.15, 0.2) is 11.5 Å². The minimum absolute atomic E-state index is 0.0246. The summed E-state index contributed by atoms with van der Waals surface area (Å²) in [4.78, 5) is 16.2. The third kappa shape index (κ3) is 3.91. The summed E-state index contributed by atoms with van der Waals surface area (Å²) < 4.78 is 10.6. The summed E-state index contributed by atoms with van der Waals surface area (Å²) in [6, 6.07) is 9.44. The fourth-order valence-corrected chi connectivity index (χ4v) is 2.35. The Kier molecular flexibility index (Phi) is 4.61. The molecule has 1 aliphatic heterocycles. The lowest BCUT2D eigenvalue weighted by atomic mass is 10.1. The van der Waals surface area contributed by atoms with Crippen LogP contribution in [-0.4, -0.2) is 30.8 Å². The first-order valence-corrected chi connectivity index (χ1v) is 7.53. The van der Waals surface area contributed by atoms with Crippen LogP contribution in [0, 0.1) is 6.92 Å². The Morgan fingerprint density at radius 2 is 2.09 bits per heavy atom. The van der Waals surface area contributed by atoms with E-state index in [0.717, 1.165) is 22.7 Å². The van der Waals surface area contributed by atoms with Gasteiger partial charge in [-0.1, -0.05) is 12.1 Å². The lowest BCUT2D eigenvalue weighted by Crippen LogP contribution is -2.30. The molecule has 0 bridgehead atoms. The van der Waals surface area contributed by atoms with Gasteiger partial charge in [-0.25, -0.2) is 4.98 Å². The van der Waals surface area contributed by atoms with E-state index in [0.29, 0.717) is 25.3 Å². The van der Waals surface area contributed by atoms with Crippen molar-refractivity contribution in [2.45, 2.75) is 13.3 Å². The number of hydrogen-bond donors (Lipinski definition) is 2. The van der Waals surface area contributed by atoms with Crippen LogP contribution < -0.4 is 20.1 Å². The van der Waals surface area contributed by atoms with Crippen molar-refractivity contribution in [1.82, 2.24) is 10.3 Å². The van der Waals surface area contributed by atoms with E-state index in [4.69, 9.17) is 9.47 Å². The van der Waals surface area contributed by atoms with Gasteiger partial charge in [0.25, 0.3) is 0 Å². The van der Waals surface area contributed by atoms with Crippen molar-refractivity contribution < 1.29 is 14.3 Å². The van der Waals surface area contributed by atoms with Gasteiger partial charge < -0.3 is 20.1 Å². The first-order chi connectivity index (χ1) is 11.2. The van der Waals surface area contributed by atoms with Crippen LogP contribution in [0.25, 0.3) is 0 Å². The number of carbonyl (C=O) groups is 1. The summed E-state index contributed by atoms with van der Waals surface area (Å²) in [5.74, 6) is 2.24. The number of fused-ring (bicyclic) bond motifs is 1. The van der Waals surface area contributed by atoms with Crippen molar-refractivity contribution in [3.63, 3.8) is 0 Å². The highest BCUT2D eigenvalue weighted by atomic mass is 16.7. The molecule has 0 atom stereocenters. The third-order valence-electron chi connectivity index (χ3n) is 3.55. The summed E-state index contributed by atoms with van der Waals surface area (Å²) >= 11 is 0. The molecule has 2 heterocycles. The van der Waals surface area contributed by atoms with Crippen LogP contribution in [0.4, 0.5) is 5.82 Å². The number of carbonyl (C=O) groups excluding carboxylic acids is 1. The van der Waals surface area contributed by atoms with E-state index >= 15 is 0 Å². The molecule has 23 heavy (non-hydrogen) atoms. The van der Waals surface area contributed by atoms with E-state index in [9.17, 15) is 4.79 Å². The molecule has 0 spiro atoms. The minimum atomic E-state index is -0.0246. The van der Waals surface area contributed by atoms with Crippen LogP contribution in [-0.2, 0) is 11.2 Å².